The molecule has 1 unspecified atom stereocenters. The lowest BCUT2D eigenvalue weighted by molar-refractivity contribution is -0.108. The second kappa shape index (κ2) is 5.74. The highest BCUT2D eigenvalue weighted by molar-refractivity contribution is 5.40. The summed E-state index contributed by atoms with van der Waals surface area (Å²) in [5.41, 5.74) is 2.06. The Hall–Kier alpha value is -1.06. The molecule has 0 radical (unpaired) electrons. The molecule has 1 atom stereocenters. The van der Waals surface area contributed by atoms with Crippen molar-refractivity contribution in [2.45, 2.75) is 63.8 Å². The average Bonchev–Trinajstić information content (AvgIpc) is 2.89. The maximum absolute atomic E-state index is 9.47. The van der Waals surface area contributed by atoms with E-state index in [0.717, 1.165) is 36.3 Å². The van der Waals surface area contributed by atoms with Crippen molar-refractivity contribution in [1.29, 1.82) is 0 Å². The molecule has 1 saturated carbocycles. The molecule has 1 spiro atoms. The number of rotatable bonds is 3. The van der Waals surface area contributed by atoms with Crippen LogP contribution in [0, 0.1) is 6.92 Å². The predicted octanol–water partition coefficient (Wildman–Crippen LogP) is 3.36. The third-order valence-electron chi connectivity index (χ3n) is 4.71. The molecule has 1 aromatic carbocycles. The molecule has 1 saturated heterocycles. The Labute approximate surface area is 120 Å². The van der Waals surface area contributed by atoms with Crippen molar-refractivity contribution in [3.05, 3.63) is 29.3 Å². The lowest BCUT2D eigenvalue weighted by Crippen LogP contribution is -2.41. The first-order valence-corrected chi connectivity index (χ1v) is 7.72. The van der Waals surface area contributed by atoms with Crippen LogP contribution in [-0.2, 0) is 11.3 Å². The van der Waals surface area contributed by atoms with Gasteiger partial charge in [-0.2, -0.15) is 0 Å². The fourth-order valence-electron chi connectivity index (χ4n) is 3.62. The van der Waals surface area contributed by atoms with Crippen LogP contribution in [-0.4, -0.2) is 23.4 Å². The van der Waals surface area contributed by atoms with E-state index < -0.39 is 0 Å². The summed E-state index contributed by atoms with van der Waals surface area (Å²) in [6, 6.07) is 5.95. The third-order valence-corrected chi connectivity index (χ3v) is 4.71. The van der Waals surface area contributed by atoms with Crippen LogP contribution >= 0.6 is 0 Å². The summed E-state index contributed by atoms with van der Waals surface area (Å²) < 4.78 is 12.3. The van der Waals surface area contributed by atoms with Gasteiger partial charge in [0.25, 0.3) is 0 Å². The van der Waals surface area contributed by atoms with Gasteiger partial charge in [-0.15, -0.1) is 0 Å². The molecule has 1 aliphatic carbocycles. The number of aryl methyl sites for hydroxylation is 1. The van der Waals surface area contributed by atoms with Crippen LogP contribution in [0.5, 0.6) is 5.75 Å². The second-order valence-electron chi connectivity index (χ2n) is 6.19. The van der Waals surface area contributed by atoms with Crippen molar-refractivity contribution < 1.29 is 14.6 Å². The van der Waals surface area contributed by atoms with E-state index in [9.17, 15) is 5.11 Å². The van der Waals surface area contributed by atoms with E-state index in [0.29, 0.717) is 0 Å². The van der Waals surface area contributed by atoms with Gasteiger partial charge in [0.05, 0.1) is 18.8 Å². The zero-order valence-electron chi connectivity index (χ0n) is 12.2. The van der Waals surface area contributed by atoms with E-state index >= 15 is 0 Å². The van der Waals surface area contributed by atoms with Crippen LogP contribution in [0.25, 0.3) is 0 Å². The molecule has 1 N–H and O–H groups in total. The van der Waals surface area contributed by atoms with Crippen LogP contribution < -0.4 is 4.74 Å². The van der Waals surface area contributed by atoms with E-state index in [4.69, 9.17) is 9.47 Å². The number of aliphatic hydroxyl groups excluding tert-OH is 1. The SMILES string of the molecule is Cc1cccc(CO)c1OC1CCOC2(CCCC2)C1. The molecule has 0 bridgehead atoms. The van der Waals surface area contributed by atoms with Crippen LogP contribution in [0.1, 0.15) is 49.7 Å². The molecule has 2 aliphatic rings. The van der Waals surface area contributed by atoms with Gasteiger partial charge >= 0.3 is 0 Å². The van der Waals surface area contributed by atoms with E-state index in [1.807, 2.05) is 25.1 Å². The third kappa shape index (κ3) is 2.70. The Morgan fingerprint density at radius 1 is 1.35 bits per heavy atom. The number of hydrogen-bond acceptors (Lipinski definition) is 3. The van der Waals surface area contributed by atoms with Gasteiger partial charge < -0.3 is 14.6 Å². The van der Waals surface area contributed by atoms with Crippen molar-refractivity contribution >= 4 is 0 Å². The van der Waals surface area contributed by atoms with Crippen molar-refractivity contribution in [2.75, 3.05) is 6.61 Å². The van der Waals surface area contributed by atoms with Crippen molar-refractivity contribution in [1.82, 2.24) is 0 Å². The molecule has 20 heavy (non-hydrogen) atoms. The van der Waals surface area contributed by atoms with Gasteiger partial charge in [-0.25, -0.2) is 0 Å². The second-order valence-corrected chi connectivity index (χ2v) is 6.19. The maximum atomic E-state index is 9.47. The monoisotopic (exact) mass is 276 g/mol. The molecule has 3 nitrogen and oxygen atoms in total. The lowest BCUT2D eigenvalue weighted by atomic mass is 9.90. The Morgan fingerprint density at radius 3 is 2.90 bits per heavy atom. The summed E-state index contributed by atoms with van der Waals surface area (Å²) >= 11 is 0. The molecular weight excluding hydrogens is 252 g/mol. The molecule has 1 aliphatic heterocycles. The largest absolute Gasteiger partial charge is 0.490 e. The van der Waals surface area contributed by atoms with Gasteiger partial charge in [-0.05, 0) is 25.3 Å². The summed E-state index contributed by atoms with van der Waals surface area (Å²) in [6.07, 6.45) is 7.06. The fourth-order valence-corrected chi connectivity index (χ4v) is 3.62. The summed E-state index contributed by atoms with van der Waals surface area (Å²) in [4.78, 5) is 0. The number of aliphatic hydroxyl groups is 1. The van der Waals surface area contributed by atoms with Crippen molar-refractivity contribution in [3.63, 3.8) is 0 Å². The van der Waals surface area contributed by atoms with Gasteiger partial charge in [-0.3, -0.25) is 0 Å². The Morgan fingerprint density at radius 2 is 2.15 bits per heavy atom. The van der Waals surface area contributed by atoms with Crippen LogP contribution in [0.3, 0.4) is 0 Å². The summed E-state index contributed by atoms with van der Waals surface area (Å²) in [5.74, 6) is 0.870. The van der Waals surface area contributed by atoms with Crippen LogP contribution in [0.4, 0.5) is 0 Å². The minimum Gasteiger partial charge on any atom is -0.490 e. The van der Waals surface area contributed by atoms with Crippen molar-refractivity contribution in [2.24, 2.45) is 0 Å². The van der Waals surface area contributed by atoms with E-state index in [1.54, 1.807) is 0 Å². The number of hydrogen-bond donors (Lipinski definition) is 1. The fraction of sp³-hybridized carbons (Fsp3) is 0.647. The molecule has 1 aromatic rings. The van der Waals surface area contributed by atoms with Gasteiger partial charge in [0.15, 0.2) is 0 Å². The van der Waals surface area contributed by atoms with E-state index in [2.05, 4.69) is 0 Å². The molecule has 0 aromatic heterocycles. The first-order valence-electron chi connectivity index (χ1n) is 7.72. The first kappa shape index (κ1) is 13.9. The van der Waals surface area contributed by atoms with Crippen LogP contribution in [0.2, 0.25) is 0 Å². The number of para-hydroxylation sites is 1. The Kier molecular flexibility index (Phi) is 3.99. The van der Waals surface area contributed by atoms with Crippen molar-refractivity contribution in [3.8, 4) is 5.75 Å². The normalized spacial score (nSPS) is 25.0. The predicted molar refractivity (Wildman–Crippen MR) is 77.9 cm³/mol. The first-order chi connectivity index (χ1) is 9.72. The summed E-state index contributed by atoms with van der Waals surface area (Å²) in [7, 11) is 0. The van der Waals surface area contributed by atoms with E-state index in [-0.39, 0.29) is 18.3 Å². The summed E-state index contributed by atoms with van der Waals surface area (Å²) in [6.45, 7) is 2.87. The lowest BCUT2D eigenvalue weighted by Gasteiger charge is -2.38. The number of benzene rings is 1. The highest BCUT2D eigenvalue weighted by Gasteiger charge is 2.40. The van der Waals surface area contributed by atoms with Gasteiger partial charge in [0, 0.05) is 18.4 Å². The van der Waals surface area contributed by atoms with E-state index in [1.165, 1.54) is 25.7 Å². The molecule has 1 heterocycles. The van der Waals surface area contributed by atoms with Gasteiger partial charge in [0.1, 0.15) is 11.9 Å². The maximum Gasteiger partial charge on any atom is 0.128 e. The molecule has 3 rings (SSSR count). The number of ether oxygens (including phenoxy) is 2. The minimum atomic E-state index is 0.0331. The minimum absolute atomic E-state index is 0.0331. The smallest absolute Gasteiger partial charge is 0.128 e. The quantitative estimate of drug-likeness (QED) is 0.920. The molecule has 3 heteroatoms. The highest BCUT2D eigenvalue weighted by atomic mass is 16.5. The molecule has 110 valence electrons. The summed E-state index contributed by atoms with van der Waals surface area (Å²) in [5, 5.41) is 9.47. The Bertz CT molecular complexity index is 463. The zero-order chi connectivity index (χ0) is 14.0. The standard InChI is InChI=1S/C17H24O3/c1-13-5-4-6-14(12-18)16(13)20-15-7-10-19-17(11-15)8-2-3-9-17/h4-6,15,18H,2-3,7-12H2,1H3. The van der Waals surface area contributed by atoms with Gasteiger partial charge in [0.2, 0.25) is 0 Å². The van der Waals surface area contributed by atoms with Gasteiger partial charge in [-0.1, -0.05) is 31.0 Å². The molecule has 0 amide bonds. The molecular formula is C17H24O3. The highest BCUT2D eigenvalue weighted by Crippen LogP contribution is 2.41. The topological polar surface area (TPSA) is 38.7 Å². The van der Waals surface area contributed by atoms with Crippen LogP contribution in [0.15, 0.2) is 18.2 Å². The Balaban J connectivity index is 1.74. The molecule has 2 fully saturated rings. The average molecular weight is 276 g/mol. The zero-order valence-corrected chi connectivity index (χ0v) is 12.2.